The van der Waals surface area contributed by atoms with Gasteiger partial charge in [0.15, 0.2) is 17.3 Å². The van der Waals surface area contributed by atoms with E-state index < -0.39 is 18.3 Å². The van der Waals surface area contributed by atoms with Gasteiger partial charge in [0.1, 0.15) is 0 Å². The summed E-state index contributed by atoms with van der Waals surface area (Å²) < 4.78 is 68.5. The normalized spacial score (nSPS) is 16.2. The first-order chi connectivity index (χ1) is 13.8. The van der Waals surface area contributed by atoms with Gasteiger partial charge in [-0.1, -0.05) is 24.3 Å². The number of nitrogens with one attached hydrogen (secondary N) is 1. The van der Waals surface area contributed by atoms with Crippen molar-refractivity contribution >= 4 is 5.82 Å². The number of aromatic nitrogens is 2. The van der Waals surface area contributed by atoms with Crippen molar-refractivity contribution < 1.29 is 26.7 Å². The third kappa shape index (κ3) is 5.53. The Bertz CT molecular complexity index is 805. The molecular weight excluding hydrogens is 395 g/mol. The largest absolute Gasteiger partial charge is 0.493 e. The summed E-state index contributed by atoms with van der Waals surface area (Å²) in [5.74, 6) is 0.176. The Morgan fingerprint density at radius 2 is 1.79 bits per heavy atom. The summed E-state index contributed by atoms with van der Waals surface area (Å²) in [7, 11) is 1.28. The maximum Gasteiger partial charge on any atom is 0.435 e. The average molecular weight is 416 g/mol. The molecule has 158 valence electrons. The SMILES string of the molecule is COc1cc(C(F)(F)F)nnc1NC1CCN(Cc2ccc(C(F)F)cc2)CC1. The number of halogens is 5. The minimum absolute atomic E-state index is 0.00302. The molecule has 29 heavy (non-hydrogen) atoms. The van der Waals surface area contributed by atoms with Crippen molar-refractivity contribution in [3.8, 4) is 5.75 Å². The molecule has 2 aromatic rings. The van der Waals surface area contributed by atoms with Gasteiger partial charge < -0.3 is 10.1 Å². The Morgan fingerprint density at radius 1 is 1.14 bits per heavy atom. The van der Waals surface area contributed by atoms with Crippen LogP contribution < -0.4 is 10.1 Å². The number of benzene rings is 1. The second-order valence-electron chi connectivity index (χ2n) is 6.88. The Morgan fingerprint density at radius 3 is 2.34 bits per heavy atom. The molecule has 1 aromatic heterocycles. The molecule has 1 aromatic carbocycles. The van der Waals surface area contributed by atoms with Crippen molar-refractivity contribution in [2.75, 3.05) is 25.5 Å². The summed E-state index contributed by atoms with van der Waals surface area (Å²) in [6.07, 6.45) is -5.56. The molecule has 1 saturated heterocycles. The van der Waals surface area contributed by atoms with Gasteiger partial charge in [-0.25, -0.2) is 8.78 Å². The van der Waals surface area contributed by atoms with E-state index in [9.17, 15) is 22.0 Å². The molecule has 0 aliphatic carbocycles. The second-order valence-corrected chi connectivity index (χ2v) is 6.88. The number of methoxy groups -OCH3 is 1. The van der Waals surface area contributed by atoms with E-state index in [1.54, 1.807) is 12.1 Å². The summed E-state index contributed by atoms with van der Waals surface area (Å²) in [5.41, 5.74) is -0.146. The number of ether oxygens (including phenoxy) is 1. The molecule has 1 aliphatic heterocycles. The van der Waals surface area contributed by atoms with Gasteiger partial charge >= 0.3 is 6.18 Å². The number of alkyl halides is 5. The molecule has 0 unspecified atom stereocenters. The van der Waals surface area contributed by atoms with Crippen LogP contribution in [-0.2, 0) is 12.7 Å². The van der Waals surface area contributed by atoms with Gasteiger partial charge in [0, 0.05) is 37.3 Å². The molecule has 10 heteroatoms. The fraction of sp³-hybridized carbons (Fsp3) is 0.474. The number of hydrogen-bond donors (Lipinski definition) is 1. The van der Waals surface area contributed by atoms with Crippen LogP contribution in [0.2, 0.25) is 0 Å². The first kappa shape index (κ1) is 21.2. The Labute approximate surface area is 164 Å². The lowest BCUT2D eigenvalue weighted by Crippen LogP contribution is -2.38. The molecule has 5 nitrogen and oxygen atoms in total. The first-order valence-electron chi connectivity index (χ1n) is 9.11. The summed E-state index contributed by atoms with van der Waals surface area (Å²) in [6, 6.07) is 7.12. The topological polar surface area (TPSA) is 50.3 Å². The third-order valence-corrected chi connectivity index (χ3v) is 4.84. The molecule has 0 bridgehead atoms. The molecule has 0 spiro atoms. The van der Waals surface area contributed by atoms with Crippen LogP contribution in [0, 0.1) is 0 Å². The lowest BCUT2D eigenvalue weighted by atomic mass is 10.0. The Balaban J connectivity index is 1.54. The van der Waals surface area contributed by atoms with Gasteiger partial charge in [-0.05, 0) is 18.4 Å². The molecule has 0 amide bonds. The van der Waals surface area contributed by atoms with Crippen LogP contribution in [0.4, 0.5) is 27.8 Å². The van der Waals surface area contributed by atoms with Crippen molar-refractivity contribution in [1.29, 1.82) is 0 Å². The number of likely N-dealkylation sites (tertiary alicyclic amines) is 1. The van der Waals surface area contributed by atoms with Crippen molar-refractivity contribution in [2.24, 2.45) is 0 Å². The van der Waals surface area contributed by atoms with Gasteiger partial charge in [0.05, 0.1) is 7.11 Å². The molecule has 3 rings (SSSR count). The lowest BCUT2D eigenvalue weighted by Gasteiger charge is -2.32. The molecule has 0 atom stereocenters. The number of nitrogens with zero attached hydrogens (tertiary/aromatic N) is 3. The third-order valence-electron chi connectivity index (χ3n) is 4.84. The van der Waals surface area contributed by atoms with Gasteiger partial charge in [-0.15, -0.1) is 10.2 Å². The molecule has 0 saturated carbocycles. The van der Waals surface area contributed by atoms with E-state index in [2.05, 4.69) is 20.4 Å². The molecule has 1 N–H and O–H groups in total. The molecule has 2 heterocycles. The number of hydrogen-bond acceptors (Lipinski definition) is 5. The second kappa shape index (κ2) is 8.89. The maximum atomic E-state index is 12.8. The predicted molar refractivity (Wildman–Crippen MR) is 96.9 cm³/mol. The standard InChI is InChI=1S/C19H21F5N4O/c1-29-15-10-16(19(22,23)24)26-27-18(15)25-14-6-8-28(9-7-14)11-12-2-4-13(5-3-12)17(20)21/h2-5,10,14,17H,6-9,11H2,1H3,(H,25,27). The first-order valence-corrected chi connectivity index (χ1v) is 9.11. The highest BCUT2D eigenvalue weighted by molar-refractivity contribution is 5.50. The van der Waals surface area contributed by atoms with Crippen LogP contribution >= 0.6 is 0 Å². The number of piperidine rings is 1. The molecule has 0 radical (unpaired) electrons. The number of rotatable bonds is 6. The molecule has 1 aliphatic rings. The van der Waals surface area contributed by atoms with Crippen molar-refractivity contribution in [3.63, 3.8) is 0 Å². The lowest BCUT2D eigenvalue weighted by molar-refractivity contribution is -0.141. The van der Waals surface area contributed by atoms with E-state index in [1.807, 2.05) is 0 Å². The zero-order valence-electron chi connectivity index (χ0n) is 15.7. The highest BCUT2D eigenvalue weighted by Crippen LogP contribution is 2.32. The van der Waals surface area contributed by atoms with E-state index in [0.717, 1.165) is 37.6 Å². The Kier molecular flexibility index (Phi) is 6.51. The van der Waals surface area contributed by atoms with Crippen LogP contribution in [0.1, 0.15) is 36.1 Å². The fourth-order valence-corrected chi connectivity index (χ4v) is 3.22. The van der Waals surface area contributed by atoms with Crippen LogP contribution in [0.15, 0.2) is 30.3 Å². The van der Waals surface area contributed by atoms with Crippen LogP contribution in [0.25, 0.3) is 0 Å². The van der Waals surface area contributed by atoms with E-state index >= 15 is 0 Å². The number of anilines is 1. The van der Waals surface area contributed by atoms with E-state index in [-0.39, 0.29) is 23.2 Å². The van der Waals surface area contributed by atoms with Crippen LogP contribution in [0.3, 0.4) is 0 Å². The summed E-state index contributed by atoms with van der Waals surface area (Å²) in [4.78, 5) is 2.20. The van der Waals surface area contributed by atoms with Gasteiger partial charge in [0.25, 0.3) is 6.43 Å². The van der Waals surface area contributed by atoms with Crippen LogP contribution in [0.5, 0.6) is 5.75 Å². The quantitative estimate of drug-likeness (QED) is 0.702. The summed E-state index contributed by atoms with van der Waals surface area (Å²) in [6.45, 7) is 2.16. The summed E-state index contributed by atoms with van der Waals surface area (Å²) >= 11 is 0. The smallest absolute Gasteiger partial charge is 0.435 e. The minimum atomic E-state index is -4.59. The zero-order chi connectivity index (χ0) is 21.0. The zero-order valence-corrected chi connectivity index (χ0v) is 15.7. The highest BCUT2D eigenvalue weighted by atomic mass is 19.4. The average Bonchev–Trinajstić information content (AvgIpc) is 2.69. The van der Waals surface area contributed by atoms with Crippen LogP contribution in [-0.4, -0.2) is 41.3 Å². The molecule has 1 fully saturated rings. The van der Waals surface area contributed by atoms with Gasteiger partial charge in [-0.2, -0.15) is 13.2 Å². The fourth-order valence-electron chi connectivity index (χ4n) is 3.22. The summed E-state index contributed by atoms with van der Waals surface area (Å²) in [5, 5.41) is 9.98. The maximum absolute atomic E-state index is 12.8. The Hall–Kier alpha value is -2.49. The predicted octanol–water partition coefficient (Wildman–Crippen LogP) is 4.52. The van der Waals surface area contributed by atoms with Gasteiger partial charge in [-0.3, -0.25) is 4.90 Å². The van der Waals surface area contributed by atoms with Crippen molar-refractivity contribution in [2.45, 2.75) is 38.0 Å². The van der Waals surface area contributed by atoms with E-state index in [0.29, 0.717) is 6.54 Å². The van der Waals surface area contributed by atoms with E-state index in [4.69, 9.17) is 4.74 Å². The molecular formula is C19H21F5N4O. The highest BCUT2D eigenvalue weighted by Gasteiger charge is 2.34. The minimum Gasteiger partial charge on any atom is -0.493 e. The monoisotopic (exact) mass is 416 g/mol. The van der Waals surface area contributed by atoms with Gasteiger partial charge in [0.2, 0.25) is 0 Å². The van der Waals surface area contributed by atoms with E-state index in [1.165, 1.54) is 19.2 Å². The van der Waals surface area contributed by atoms with Crippen molar-refractivity contribution in [3.05, 3.63) is 47.2 Å². The van der Waals surface area contributed by atoms with Crippen molar-refractivity contribution in [1.82, 2.24) is 15.1 Å².